The van der Waals surface area contributed by atoms with E-state index in [1.54, 1.807) is 42.6 Å². The summed E-state index contributed by atoms with van der Waals surface area (Å²) in [4.78, 5) is 53.4. The Hall–Kier alpha value is -6.22. The number of carbonyl (C=O) groups is 3. The summed E-state index contributed by atoms with van der Waals surface area (Å²) in [5, 5.41) is 32.0. The third-order valence-corrected chi connectivity index (χ3v) is 11.9. The molecule has 0 bridgehead atoms. The van der Waals surface area contributed by atoms with E-state index in [1.807, 2.05) is 18.2 Å². The molecule has 304 valence electrons. The average Bonchev–Trinajstić information content (AvgIpc) is 3.47. The zero-order chi connectivity index (χ0) is 42.1. The van der Waals surface area contributed by atoms with Crippen LogP contribution in [-0.2, 0) is 0 Å². The average molecular weight is 817 g/mol. The molecule has 1 aliphatic carbocycles. The summed E-state index contributed by atoms with van der Waals surface area (Å²) in [5.74, 6) is -0.0328. The first kappa shape index (κ1) is 41.0. The molecule has 2 aliphatic heterocycles. The Balaban J connectivity index is 0.814. The summed E-state index contributed by atoms with van der Waals surface area (Å²) < 4.78 is 12.3. The van der Waals surface area contributed by atoms with E-state index < -0.39 is 17.7 Å². The van der Waals surface area contributed by atoms with Crippen molar-refractivity contribution in [1.82, 2.24) is 20.2 Å². The fraction of sp³-hybridized carbons (Fsp3) is 0.386. The van der Waals surface area contributed by atoms with Crippen LogP contribution in [0.3, 0.4) is 0 Å². The fourth-order valence-electron chi connectivity index (χ4n) is 8.73. The van der Waals surface area contributed by atoms with Crippen LogP contribution in [0.5, 0.6) is 17.4 Å². The van der Waals surface area contributed by atoms with Gasteiger partial charge in [-0.1, -0.05) is 39.3 Å². The first-order valence-corrected chi connectivity index (χ1v) is 20.0. The number of imide groups is 1. The van der Waals surface area contributed by atoms with Gasteiger partial charge in [-0.25, -0.2) is 14.9 Å². The maximum atomic E-state index is 13.4. The summed E-state index contributed by atoms with van der Waals surface area (Å²) in [6, 6.07) is 19.9. The van der Waals surface area contributed by atoms with Gasteiger partial charge in [0.15, 0.2) is 0 Å². The fourth-order valence-corrected chi connectivity index (χ4v) is 8.94. The Morgan fingerprint density at radius 3 is 2.29 bits per heavy atom. The predicted octanol–water partition coefficient (Wildman–Crippen LogP) is 6.36. The first-order valence-electron chi connectivity index (χ1n) is 19.6. The Kier molecular flexibility index (Phi) is 11.5. The minimum atomic E-state index is -0.596. The van der Waals surface area contributed by atoms with E-state index in [2.05, 4.69) is 58.8 Å². The molecule has 3 aliphatic rings. The number of piperazine rings is 1. The molecule has 3 amide bonds. The Morgan fingerprint density at radius 2 is 1.63 bits per heavy atom. The van der Waals surface area contributed by atoms with Gasteiger partial charge in [0.25, 0.3) is 17.7 Å². The van der Waals surface area contributed by atoms with Crippen LogP contribution in [0, 0.1) is 33.5 Å². The molecule has 2 aromatic heterocycles. The number of nitrogens with zero attached hydrogens (tertiary/aromatic N) is 7. The number of hydrogen-bond donors (Lipinski definition) is 2. The largest absolute Gasteiger partial charge is 0.494 e. The Bertz CT molecular complexity index is 2350. The van der Waals surface area contributed by atoms with Crippen molar-refractivity contribution < 1.29 is 29.0 Å². The molecule has 2 fully saturated rings. The van der Waals surface area contributed by atoms with Crippen molar-refractivity contribution >= 4 is 40.8 Å². The third-order valence-electron chi connectivity index (χ3n) is 11.6. The molecule has 0 spiro atoms. The second-order valence-electron chi connectivity index (χ2n) is 16.2. The Morgan fingerprint density at radius 1 is 0.898 bits per heavy atom. The smallest absolute Gasteiger partial charge is 0.266 e. The standard InChI is InChI=1S/C44H45ClN8O6/c1-43(2)41(44(3,4)42(43)59-31-11-8-27(24-46)34(45)23-31)50-37(54)28-9-15-36(48-26-28)52-19-17-51(18-20-52)16-6-5-7-21-58-30-12-13-32-33(22-30)40(57)53(39(32)56)35-14-10-29(25-47)49-38(35)55/h8-15,22-23,26,41-42H,5-7,16-21H2,1-4H3,(H,49,55)(H,50,54). The van der Waals surface area contributed by atoms with Crippen LogP contribution in [0.2, 0.25) is 5.02 Å². The van der Waals surface area contributed by atoms with E-state index in [9.17, 15) is 24.8 Å². The van der Waals surface area contributed by atoms with E-state index in [4.69, 9.17) is 26.3 Å². The summed E-state index contributed by atoms with van der Waals surface area (Å²) in [6.45, 7) is 13.2. The van der Waals surface area contributed by atoms with Crippen molar-refractivity contribution in [2.24, 2.45) is 10.8 Å². The number of aromatic hydroxyl groups is 1. The van der Waals surface area contributed by atoms with Crippen LogP contribution in [0.25, 0.3) is 0 Å². The molecule has 1 saturated heterocycles. The summed E-state index contributed by atoms with van der Waals surface area (Å²) >= 11 is 6.24. The van der Waals surface area contributed by atoms with Crippen molar-refractivity contribution in [1.29, 1.82) is 10.5 Å². The van der Waals surface area contributed by atoms with E-state index in [1.165, 1.54) is 12.1 Å². The van der Waals surface area contributed by atoms with E-state index >= 15 is 0 Å². The number of nitriles is 2. The van der Waals surface area contributed by atoms with Gasteiger partial charge in [0.1, 0.15) is 46.9 Å². The number of aromatic nitrogens is 2. The van der Waals surface area contributed by atoms with Gasteiger partial charge in [0, 0.05) is 55.3 Å². The van der Waals surface area contributed by atoms with Gasteiger partial charge >= 0.3 is 0 Å². The highest BCUT2D eigenvalue weighted by atomic mass is 35.5. The molecule has 1 saturated carbocycles. The predicted molar refractivity (Wildman–Crippen MR) is 220 cm³/mol. The number of nitrogens with one attached hydrogen (secondary N) is 1. The summed E-state index contributed by atoms with van der Waals surface area (Å²) in [6.07, 6.45) is 4.23. The highest BCUT2D eigenvalue weighted by Gasteiger charge is 2.64. The van der Waals surface area contributed by atoms with Crippen LogP contribution in [0.1, 0.15) is 89.3 Å². The number of pyridine rings is 2. The van der Waals surface area contributed by atoms with Crippen molar-refractivity contribution in [3.63, 3.8) is 0 Å². The van der Waals surface area contributed by atoms with Crippen LogP contribution >= 0.6 is 11.6 Å². The molecule has 4 heterocycles. The molecule has 0 atom stereocenters. The highest BCUT2D eigenvalue weighted by Crippen LogP contribution is 2.55. The zero-order valence-electron chi connectivity index (χ0n) is 33.4. The van der Waals surface area contributed by atoms with Crippen LogP contribution in [0.4, 0.5) is 11.5 Å². The number of fused-ring (bicyclic) bond motifs is 1. The molecule has 15 heteroatoms. The minimum Gasteiger partial charge on any atom is -0.494 e. The molecule has 0 radical (unpaired) electrons. The molecular formula is C44H45ClN8O6. The molecule has 7 rings (SSSR count). The molecule has 4 aromatic rings. The molecule has 0 unspecified atom stereocenters. The number of amides is 3. The number of anilines is 2. The van der Waals surface area contributed by atoms with Crippen LogP contribution < -0.4 is 24.6 Å². The molecule has 14 nitrogen and oxygen atoms in total. The lowest BCUT2D eigenvalue weighted by atomic mass is 9.49. The highest BCUT2D eigenvalue weighted by molar-refractivity contribution is 6.35. The van der Waals surface area contributed by atoms with Gasteiger partial charge < -0.3 is 24.8 Å². The lowest BCUT2D eigenvalue weighted by Gasteiger charge is -2.63. The topological polar surface area (TPSA) is 185 Å². The van der Waals surface area contributed by atoms with Crippen molar-refractivity contribution in [3.8, 4) is 29.5 Å². The van der Waals surface area contributed by atoms with E-state index in [-0.39, 0.29) is 51.4 Å². The SMILES string of the molecule is CC1(C)C(NC(=O)c2ccc(N3CCN(CCCCCOc4ccc5c(c4)C(=O)N(c4ccc(C#N)nc4O)C5=O)CC3)nc2)C(C)(C)C1Oc1ccc(C#N)c(Cl)c1. The monoisotopic (exact) mass is 816 g/mol. The van der Waals surface area contributed by atoms with Gasteiger partial charge in [-0.05, 0) is 80.4 Å². The minimum absolute atomic E-state index is 0.0309. The van der Waals surface area contributed by atoms with Gasteiger partial charge in [-0.3, -0.25) is 19.3 Å². The number of unbranched alkanes of at least 4 members (excludes halogenated alkanes) is 2. The number of ether oxygens (including phenoxy) is 2. The van der Waals surface area contributed by atoms with Gasteiger partial charge in [0.05, 0.1) is 33.9 Å². The van der Waals surface area contributed by atoms with Crippen molar-refractivity contribution in [3.05, 3.63) is 99.8 Å². The number of carbonyl (C=O) groups excluding carboxylic acids is 3. The second kappa shape index (κ2) is 16.6. The maximum Gasteiger partial charge on any atom is 0.266 e. The second-order valence-corrected chi connectivity index (χ2v) is 16.7. The van der Waals surface area contributed by atoms with Crippen LogP contribution in [-0.4, -0.2) is 89.2 Å². The third kappa shape index (κ3) is 8.11. The maximum absolute atomic E-state index is 13.4. The van der Waals surface area contributed by atoms with Gasteiger partial charge in [-0.15, -0.1) is 0 Å². The normalized spacial score (nSPS) is 19.3. The molecular weight excluding hydrogens is 772 g/mol. The first-order chi connectivity index (χ1) is 28.2. The summed E-state index contributed by atoms with van der Waals surface area (Å²) in [5.41, 5.74) is 0.407. The van der Waals surface area contributed by atoms with Gasteiger partial charge in [-0.2, -0.15) is 10.5 Å². The Labute approximate surface area is 347 Å². The lowest BCUT2D eigenvalue weighted by Crippen LogP contribution is -2.74. The van der Waals surface area contributed by atoms with E-state index in [0.717, 1.165) is 62.7 Å². The number of benzene rings is 2. The van der Waals surface area contributed by atoms with Crippen molar-refractivity contribution in [2.45, 2.75) is 59.1 Å². The van der Waals surface area contributed by atoms with Gasteiger partial charge in [0.2, 0.25) is 5.88 Å². The number of hydrogen-bond acceptors (Lipinski definition) is 12. The quantitative estimate of drug-likeness (QED) is 0.113. The molecule has 2 aromatic carbocycles. The molecule has 2 N–H and O–H groups in total. The van der Waals surface area contributed by atoms with Crippen LogP contribution in [0.15, 0.2) is 66.9 Å². The number of rotatable bonds is 13. The lowest BCUT2D eigenvalue weighted by molar-refractivity contribution is -0.164. The molecule has 59 heavy (non-hydrogen) atoms. The zero-order valence-corrected chi connectivity index (χ0v) is 34.1. The van der Waals surface area contributed by atoms with E-state index in [0.29, 0.717) is 34.3 Å². The van der Waals surface area contributed by atoms with Crippen molar-refractivity contribution in [2.75, 3.05) is 49.1 Å². The summed E-state index contributed by atoms with van der Waals surface area (Å²) in [7, 11) is 0. The number of halogens is 1.